The lowest BCUT2D eigenvalue weighted by molar-refractivity contribution is -0.904. The van der Waals surface area contributed by atoms with Gasteiger partial charge in [0.2, 0.25) is 18.3 Å². The van der Waals surface area contributed by atoms with Crippen molar-refractivity contribution in [3.8, 4) is 0 Å². The molecule has 2 saturated heterocycles. The molecule has 14 heteroatoms. The van der Waals surface area contributed by atoms with Gasteiger partial charge in [0.1, 0.15) is 17.4 Å². The molecule has 0 saturated carbocycles. The lowest BCUT2D eigenvalue weighted by Crippen LogP contribution is -2.60. The summed E-state index contributed by atoms with van der Waals surface area (Å²) >= 11 is 0. The second-order valence-electron chi connectivity index (χ2n) is 10.2. The van der Waals surface area contributed by atoms with Gasteiger partial charge in [0, 0.05) is 37.0 Å². The van der Waals surface area contributed by atoms with E-state index in [1.165, 1.54) is 41.4 Å². The Morgan fingerprint density at radius 2 is 1.68 bits per heavy atom. The molecular formula is C26H28F4N5O5+. The molecule has 4 rings (SSSR count). The molecule has 10 nitrogen and oxygen atoms in total. The van der Waals surface area contributed by atoms with Crippen LogP contribution in [0.4, 0.5) is 28.0 Å². The number of anilines is 1. The minimum absolute atomic E-state index is 0.0338. The van der Waals surface area contributed by atoms with Crippen molar-refractivity contribution < 1.29 is 46.7 Å². The molecule has 1 atom stereocenters. The minimum atomic E-state index is -4.79. The molecule has 0 radical (unpaired) electrons. The summed E-state index contributed by atoms with van der Waals surface area (Å²) in [5.41, 5.74) is -2.94. The van der Waals surface area contributed by atoms with E-state index in [-0.39, 0.29) is 25.9 Å². The molecule has 0 unspecified atom stereocenters. The topological polar surface area (TPSA) is 114 Å². The van der Waals surface area contributed by atoms with Crippen LogP contribution in [0.15, 0.2) is 42.7 Å². The molecule has 2 fully saturated rings. The number of pyridine rings is 1. The lowest BCUT2D eigenvalue weighted by atomic mass is 9.85. The van der Waals surface area contributed by atoms with E-state index in [2.05, 4.69) is 5.32 Å². The Balaban J connectivity index is 1.53. The van der Waals surface area contributed by atoms with Crippen LogP contribution in [0.2, 0.25) is 0 Å². The largest absolute Gasteiger partial charge is 0.416 e. The second kappa shape index (κ2) is 10.4. The third-order valence-corrected chi connectivity index (χ3v) is 7.32. The molecule has 3 heterocycles. The Hall–Kier alpha value is -4.23. The zero-order valence-electron chi connectivity index (χ0n) is 21.9. The Labute approximate surface area is 226 Å². The molecule has 0 aliphatic carbocycles. The average molecular weight is 567 g/mol. The lowest BCUT2D eigenvalue weighted by Gasteiger charge is -2.43. The fourth-order valence-electron chi connectivity index (χ4n) is 5.08. The van der Waals surface area contributed by atoms with Crippen molar-refractivity contribution in [3.05, 3.63) is 59.7 Å². The number of likely N-dealkylation sites (tertiary alicyclic amines) is 1. The molecule has 214 valence electrons. The van der Waals surface area contributed by atoms with Crippen LogP contribution in [0.3, 0.4) is 0 Å². The monoisotopic (exact) mass is 566 g/mol. The fourth-order valence-corrected chi connectivity index (χ4v) is 5.08. The zero-order chi connectivity index (χ0) is 29.6. The van der Waals surface area contributed by atoms with Crippen molar-refractivity contribution in [2.24, 2.45) is 5.92 Å². The smallest absolute Gasteiger partial charge is 0.341 e. The maximum atomic E-state index is 14.3. The van der Waals surface area contributed by atoms with Crippen LogP contribution in [0.1, 0.15) is 42.6 Å². The zero-order valence-corrected chi connectivity index (χ0v) is 21.9. The molecule has 2 aliphatic rings. The number of urea groups is 1. The molecule has 5 amide bonds. The number of aromatic nitrogens is 1. The van der Waals surface area contributed by atoms with Gasteiger partial charge in [0.05, 0.1) is 16.8 Å². The number of nitrogens with one attached hydrogen (secondary N) is 1. The van der Waals surface area contributed by atoms with Gasteiger partial charge in [-0.3, -0.25) is 29.4 Å². The van der Waals surface area contributed by atoms with E-state index in [4.69, 9.17) is 0 Å². The van der Waals surface area contributed by atoms with Crippen molar-refractivity contribution in [1.82, 2.24) is 15.1 Å². The standard InChI is InChI=1S/C26H27F4N5O5/c1-15(2)20(31-21(36)18-14-16(26(28,29)30)4-5-19(18)27)22(37)33-12-8-25(9-13-33)23(38)32(3)24(39)35(25)17-6-10-34(40)11-7-17/h4-7,10-11,14-15,20H,8-9,12-13H2,1-3H3,(H-,31,36,40)/p+1/t20-/m1/s1. The summed E-state index contributed by atoms with van der Waals surface area (Å²) in [6.07, 6.45) is -2.03. The number of benzene rings is 1. The van der Waals surface area contributed by atoms with E-state index in [0.717, 1.165) is 9.63 Å². The van der Waals surface area contributed by atoms with Gasteiger partial charge in [-0.05, 0) is 37.0 Å². The summed E-state index contributed by atoms with van der Waals surface area (Å²) < 4.78 is 54.4. The van der Waals surface area contributed by atoms with Crippen LogP contribution in [0.5, 0.6) is 0 Å². The highest BCUT2D eigenvalue weighted by atomic mass is 19.4. The number of piperidine rings is 1. The molecule has 2 aromatic rings. The third kappa shape index (κ3) is 5.05. The molecule has 1 aromatic heterocycles. The van der Waals surface area contributed by atoms with Crippen LogP contribution >= 0.6 is 0 Å². The first-order valence-corrected chi connectivity index (χ1v) is 12.5. The predicted molar refractivity (Wildman–Crippen MR) is 131 cm³/mol. The highest BCUT2D eigenvalue weighted by Gasteiger charge is 2.58. The van der Waals surface area contributed by atoms with Gasteiger partial charge in [-0.2, -0.15) is 13.2 Å². The van der Waals surface area contributed by atoms with Gasteiger partial charge in [-0.25, -0.2) is 9.18 Å². The third-order valence-electron chi connectivity index (χ3n) is 7.32. The summed E-state index contributed by atoms with van der Waals surface area (Å²) in [6, 6.07) is 2.66. The van der Waals surface area contributed by atoms with Gasteiger partial charge in [0.25, 0.3) is 11.8 Å². The van der Waals surface area contributed by atoms with Gasteiger partial charge >= 0.3 is 12.2 Å². The summed E-state index contributed by atoms with van der Waals surface area (Å²) in [4.78, 5) is 56.2. The number of hydrogen-bond donors (Lipinski definition) is 2. The van der Waals surface area contributed by atoms with Gasteiger partial charge in [0.15, 0.2) is 0 Å². The number of alkyl halides is 3. The maximum Gasteiger partial charge on any atom is 0.416 e. The molecule has 40 heavy (non-hydrogen) atoms. The first kappa shape index (κ1) is 28.8. The molecule has 1 spiro atoms. The van der Waals surface area contributed by atoms with Crippen molar-refractivity contribution in [2.45, 2.75) is 44.4 Å². The summed E-state index contributed by atoms with van der Waals surface area (Å²) in [5.74, 6) is -3.84. The molecule has 0 bridgehead atoms. The van der Waals surface area contributed by atoms with Crippen LogP contribution in [-0.4, -0.2) is 70.5 Å². The number of amides is 5. The van der Waals surface area contributed by atoms with E-state index < -0.39 is 64.4 Å². The van der Waals surface area contributed by atoms with Crippen molar-refractivity contribution in [3.63, 3.8) is 0 Å². The normalized spacial score (nSPS) is 18.1. The number of likely N-dealkylation sites (N-methyl/N-ethyl adjacent to an activating group) is 1. The second-order valence-corrected chi connectivity index (χ2v) is 10.2. The predicted octanol–water partition coefficient (Wildman–Crippen LogP) is 2.58. The Morgan fingerprint density at radius 3 is 2.23 bits per heavy atom. The number of nitrogens with zero attached hydrogens (tertiary/aromatic N) is 4. The van der Waals surface area contributed by atoms with E-state index in [9.17, 15) is 41.9 Å². The van der Waals surface area contributed by atoms with Crippen LogP contribution < -0.4 is 14.9 Å². The van der Waals surface area contributed by atoms with E-state index in [1.54, 1.807) is 13.8 Å². The summed E-state index contributed by atoms with van der Waals surface area (Å²) in [7, 11) is 1.36. The quantitative estimate of drug-likeness (QED) is 0.250. The Kier molecular flexibility index (Phi) is 7.47. The number of halogens is 4. The molecule has 2 N–H and O–H groups in total. The van der Waals surface area contributed by atoms with E-state index in [1.807, 2.05) is 0 Å². The van der Waals surface area contributed by atoms with Crippen LogP contribution in [-0.2, 0) is 15.8 Å². The van der Waals surface area contributed by atoms with Crippen molar-refractivity contribution >= 4 is 29.4 Å². The highest BCUT2D eigenvalue weighted by Crippen LogP contribution is 2.40. The van der Waals surface area contributed by atoms with Crippen LogP contribution in [0, 0.1) is 11.7 Å². The van der Waals surface area contributed by atoms with Gasteiger partial charge in [-0.15, -0.1) is 0 Å². The number of carbonyl (C=O) groups excluding carboxylic acids is 4. The molecular weight excluding hydrogens is 538 g/mol. The average Bonchev–Trinajstić information content (AvgIpc) is 3.07. The number of imide groups is 1. The maximum absolute atomic E-state index is 14.3. The van der Waals surface area contributed by atoms with Crippen LogP contribution in [0.25, 0.3) is 0 Å². The Morgan fingerprint density at radius 1 is 1.07 bits per heavy atom. The fraction of sp³-hybridized carbons (Fsp3) is 0.423. The SMILES string of the molecule is CC(C)[C@@H](NC(=O)c1cc(C(F)(F)F)ccc1F)C(=O)N1CCC2(CC1)C(=O)N(C)C(=O)N2c1cc[n+](O)cc1. The van der Waals surface area contributed by atoms with E-state index in [0.29, 0.717) is 23.9 Å². The van der Waals surface area contributed by atoms with Gasteiger partial charge in [-0.1, -0.05) is 13.8 Å². The first-order chi connectivity index (χ1) is 18.7. The molecule has 1 aromatic carbocycles. The number of rotatable bonds is 5. The Bertz CT molecular complexity index is 1340. The highest BCUT2D eigenvalue weighted by molar-refractivity contribution is 6.16. The summed E-state index contributed by atoms with van der Waals surface area (Å²) in [6.45, 7) is 3.31. The van der Waals surface area contributed by atoms with E-state index >= 15 is 0 Å². The first-order valence-electron chi connectivity index (χ1n) is 12.5. The van der Waals surface area contributed by atoms with Crippen molar-refractivity contribution in [2.75, 3.05) is 25.0 Å². The summed E-state index contributed by atoms with van der Waals surface area (Å²) in [5, 5.41) is 11.9. The minimum Gasteiger partial charge on any atom is -0.341 e. The molecule has 2 aliphatic heterocycles. The number of carbonyl (C=O) groups is 4. The van der Waals surface area contributed by atoms with Crippen molar-refractivity contribution in [1.29, 1.82) is 0 Å². The van der Waals surface area contributed by atoms with Gasteiger partial charge < -0.3 is 10.2 Å². The number of hydrogen-bond acceptors (Lipinski definition) is 5.